The molecule has 0 radical (unpaired) electrons. The molecule has 0 saturated carbocycles. The second-order valence-electron chi connectivity index (χ2n) is 5.79. The van der Waals surface area contributed by atoms with Gasteiger partial charge >= 0.3 is 0 Å². The Hall–Kier alpha value is -2.54. The molecule has 0 heterocycles. The highest BCUT2D eigenvalue weighted by Crippen LogP contribution is 2.22. The van der Waals surface area contributed by atoms with Crippen molar-refractivity contribution in [2.45, 2.75) is 26.9 Å². The van der Waals surface area contributed by atoms with Gasteiger partial charge in [0.15, 0.2) is 6.10 Å². The molecule has 6 nitrogen and oxygen atoms in total. The number of hydrogen-bond donors (Lipinski definition) is 2. The van der Waals surface area contributed by atoms with E-state index in [1.54, 1.807) is 31.2 Å². The zero-order valence-electron chi connectivity index (χ0n) is 15.1. The van der Waals surface area contributed by atoms with Gasteiger partial charge in [0.25, 0.3) is 11.8 Å². The van der Waals surface area contributed by atoms with Crippen molar-refractivity contribution in [2.75, 3.05) is 7.11 Å². The Balaban J connectivity index is 1.96. The fraction of sp³-hybridized carbons (Fsp3) is 0.263. The Morgan fingerprint density at radius 2 is 1.77 bits per heavy atom. The van der Waals surface area contributed by atoms with Crippen LogP contribution in [0.15, 0.2) is 40.9 Å². The number of nitrogens with one attached hydrogen (secondary N) is 2. The number of carbonyl (C=O) groups excluding carboxylic acids is 2. The van der Waals surface area contributed by atoms with Crippen LogP contribution in [0, 0.1) is 13.8 Å². The molecule has 0 spiro atoms. The topological polar surface area (TPSA) is 76.7 Å². The molecule has 0 aromatic heterocycles. The standard InChI is InChI=1S/C19H21BrN2O4/c1-11-5-7-15(9-12(11)2)26-13(3)18(23)21-22-19(24)16-10-14(20)6-8-17(16)25-4/h5-10,13H,1-4H3,(H,21,23)(H,22,24). The summed E-state index contributed by atoms with van der Waals surface area (Å²) in [5.74, 6) is 0.0375. The lowest BCUT2D eigenvalue weighted by Crippen LogP contribution is -2.47. The Bertz CT molecular complexity index is 823. The van der Waals surface area contributed by atoms with Crippen molar-refractivity contribution < 1.29 is 19.1 Å². The van der Waals surface area contributed by atoms with Gasteiger partial charge in [0.05, 0.1) is 12.7 Å². The van der Waals surface area contributed by atoms with Crippen LogP contribution in [0.1, 0.15) is 28.4 Å². The number of rotatable bonds is 5. The molecular formula is C19H21BrN2O4. The first-order chi connectivity index (χ1) is 12.3. The fourth-order valence-electron chi connectivity index (χ4n) is 2.19. The average Bonchev–Trinajstić information content (AvgIpc) is 2.62. The minimum atomic E-state index is -0.776. The first-order valence-electron chi connectivity index (χ1n) is 7.99. The van der Waals surface area contributed by atoms with Crippen molar-refractivity contribution in [3.8, 4) is 11.5 Å². The van der Waals surface area contributed by atoms with E-state index in [4.69, 9.17) is 9.47 Å². The largest absolute Gasteiger partial charge is 0.496 e. The van der Waals surface area contributed by atoms with Crippen LogP contribution in [0.25, 0.3) is 0 Å². The van der Waals surface area contributed by atoms with Gasteiger partial charge in [-0.1, -0.05) is 22.0 Å². The fourth-order valence-corrected chi connectivity index (χ4v) is 2.55. The van der Waals surface area contributed by atoms with Gasteiger partial charge < -0.3 is 9.47 Å². The van der Waals surface area contributed by atoms with Crippen LogP contribution in [0.4, 0.5) is 0 Å². The maximum absolute atomic E-state index is 12.3. The summed E-state index contributed by atoms with van der Waals surface area (Å²) in [4.78, 5) is 24.4. The highest BCUT2D eigenvalue weighted by Gasteiger charge is 2.18. The molecule has 2 rings (SSSR count). The van der Waals surface area contributed by atoms with Crippen LogP contribution in [-0.4, -0.2) is 25.0 Å². The highest BCUT2D eigenvalue weighted by molar-refractivity contribution is 9.10. The van der Waals surface area contributed by atoms with Crippen molar-refractivity contribution in [1.82, 2.24) is 10.9 Å². The Morgan fingerprint density at radius 1 is 1.04 bits per heavy atom. The lowest BCUT2D eigenvalue weighted by Gasteiger charge is -2.16. The highest BCUT2D eigenvalue weighted by atomic mass is 79.9. The number of carbonyl (C=O) groups is 2. The summed E-state index contributed by atoms with van der Waals surface area (Å²) >= 11 is 3.30. The predicted octanol–water partition coefficient (Wildman–Crippen LogP) is 3.30. The van der Waals surface area contributed by atoms with Gasteiger partial charge in [0.1, 0.15) is 11.5 Å². The van der Waals surface area contributed by atoms with Gasteiger partial charge in [-0.3, -0.25) is 20.4 Å². The van der Waals surface area contributed by atoms with E-state index in [0.29, 0.717) is 17.1 Å². The number of ether oxygens (including phenoxy) is 2. The maximum atomic E-state index is 12.3. The molecule has 2 N–H and O–H groups in total. The lowest BCUT2D eigenvalue weighted by molar-refractivity contribution is -0.128. The number of benzene rings is 2. The van der Waals surface area contributed by atoms with Gasteiger partial charge in [-0.2, -0.15) is 0 Å². The summed E-state index contributed by atoms with van der Waals surface area (Å²) < 4.78 is 11.5. The summed E-state index contributed by atoms with van der Waals surface area (Å²) in [6, 6.07) is 10.6. The quantitative estimate of drug-likeness (QED) is 0.727. The molecule has 0 saturated heterocycles. The minimum absolute atomic E-state index is 0.296. The average molecular weight is 421 g/mol. The summed E-state index contributed by atoms with van der Waals surface area (Å²) in [6.45, 7) is 5.58. The van der Waals surface area contributed by atoms with Crippen LogP contribution in [0.5, 0.6) is 11.5 Å². The van der Waals surface area contributed by atoms with Gasteiger partial charge in [-0.15, -0.1) is 0 Å². The van der Waals surface area contributed by atoms with E-state index in [-0.39, 0.29) is 0 Å². The Morgan fingerprint density at radius 3 is 2.42 bits per heavy atom. The van der Waals surface area contributed by atoms with E-state index in [0.717, 1.165) is 15.6 Å². The molecule has 0 aliphatic rings. The number of hydrazine groups is 1. The SMILES string of the molecule is COc1ccc(Br)cc1C(=O)NNC(=O)C(C)Oc1ccc(C)c(C)c1. The summed E-state index contributed by atoms with van der Waals surface area (Å²) in [6.07, 6.45) is -0.776. The molecule has 0 aliphatic carbocycles. The van der Waals surface area contributed by atoms with E-state index >= 15 is 0 Å². The Kier molecular flexibility index (Phi) is 6.63. The molecule has 2 aromatic rings. The second-order valence-corrected chi connectivity index (χ2v) is 6.71. The van der Waals surface area contributed by atoms with Crippen molar-refractivity contribution in [3.63, 3.8) is 0 Å². The molecule has 2 amide bonds. The zero-order chi connectivity index (χ0) is 19.3. The summed E-state index contributed by atoms with van der Waals surface area (Å²) in [5.41, 5.74) is 7.25. The van der Waals surface area contributed by atoms with Gasteiger partial charge in [-0.05, 0) is 62.2 Å². The van der Waals surface area contributed by atoms with Crippen LogP contribution in [-0.2, 0) is 4.79 Å². The number of methoxy groups -OCH3 is 1. The molecular weight excluding hydrogens is 400 g/mol. The number of amides is 2. The molecule has 138 valence electrons. The number of aryl methyl sites for hydroxylation is 2. The second kappa shape index (κ2) is 8.71. The molecule has 26 heavy (non-hydrogen) atoms. The predicted molar refractivity (Wildman–Crippen MR) is 102 cm³/mol. The number of halogens is 1. The molecule has 0 bridgehead atoms. The van der Waals surface area contributed by atoms with Crippen LogP contribution in [0.3, 0.4) is 0 Å². The minimum Gasteiger partial charge on any atom is -0.496 e. The van der Waals surface area contributed by atoms with E-state index < -0.39 is 17.9 Å². The third kappa shape index (κ3) is 4.98. The van der Waals surface area contributed by atoms with Crippen molar-refractivity contribution in [2.24, 2.45) is 0 Å². The first-order valence-corrected chi connectivity index (χ1v) is 8.78. The first kappa shape index (κ1) is 19.8. The smallest absolute Gasteiger partial charge is 0.279 e. The van der Waals surface area contributed by atoms with Crippen molar-refractivity contribution >= 4 is 27.7 Å². The molecule has 0 aliphatic heterocycles. The summed E-state index contributed by atoms with van der Waals surface area (Å²) in [5, 5.41) is 0. The van der Waals surface area contributed by atoms with E-state index in [9.17, 15) is 9.59 Å². The molecule has 7 heteroatoms. The lowest BCUT2D eigenvalue weighted by atomic mass is 10.1. The zero-order valence-corrected chi connectivity index (χ0v) is 16.6. The monoisotopic (exact) mass is 420 g/mol. The van der Waals surface area contributed by atoms with Crippen molar-refractivity contribution in [1.29, 1.82) is 0 Å². The van der Waals surface area contributed by atoms with Crippen LogP contribution >= 0.6 is 15.9 Å². The van der Waals surface area contributed by atoms with E-state index in [1.165, 1.54) is 7.11 Å². The van der Waals surface area contributed by atoms with E-state index in [1.807, 2.05) is 26.0 Å². The van der Waals surface area contributed by atoms with Gasteiger partial charge in [0, 0.05) is 4.47 Å². The Labute approximate surface area is 161 Å². The van der Waals surface area contributed by atoms with Crippen LogP contribution in [0.2, 0.25) is 0 Å². The van der Waals surface area contributed by atoms with E-state index in [2.05, 4.69) is 26.8 Å². The van der Waals surface area contributed by atoms with Crippen molar-refractivity contribution in [3.05, 3.63) is 57.6 Å². The molecule has 0 fully saturated rings. The third-order valence-electron chi connectivity index (χ3n) is 3.87. The maximum Gasteiger partial charge on any atom is 0.279 e. The summed E-state index contributed by atoms with van der Waals surface area (Å²) in [7, 11) is 1.47. The van der Waals surface area contributed by atoms with Crippen LogP contribution < -0.4 is 20.3 Å². The molecule has 1 unspecified atom stereocenters. The third-order valence-corrected chi connectivity index (χ3v) is 4.36. The normalized spacial score (nSPS) is 11.4. The van der Waals surface area contributed by atoms with Gasteiger partial charge in [-0.25, -0.2) is 0 Å². The molecule has 1 atom stereocenters. The molecule has 2 aromatic carbocycles. The van der Waals surface area contributed by atoms with Gasteiger partial charge in [0.2, 0.25) is 0 Å². The number of hydrogen-bond acceptors (Lipinski definition) is 4.